The van der Waals surface area contributed by atoms with Crippen molar-refractivity contribution in [3.05, 3.63) is 34.9 Å². The highest BCUT2D eigenvalue weighted by molar-refractivity contribution is 14.1. The minimum atomic E-state index is -4.26. The average molecular weight is 411 g/mol. The maximum absolute atomic E-state index is 11.0. The van der Waals surface area contributed by atoms with Crippen molar-refractivity contribution in [1.29, 1.82) is 0 Å². The summed E-state index contributed by atoms with van der Waals surface area (Å²) in [6, 6.07) is 6.39. The van der Waals surface area contributed by atoms with Crippen LogP contribution in [0.5, 0.6) is 0 Å². The van der Waals surface area contributed by atoms with Crippen LogP contribution in [-0.4, -0.2) is 13.0 Å². The number of rotatable bonds is 2. The molecule has 0 radical (unpaired) electrons. The molecule has 0 amide bonds. The predicted octanol–water partition coefficient (Wildman–Crippen LogP) is 3.17. The topological polar surface area (TPSA) is 54.4 Å². The molecule has 1 atom stereocenters. The van der Waals surface area contributed by atoms with E-state index in [1.807, 2.05) is 0 Å². The molecule has 0 aliphatic carbocycles. The Labute approximate surface area is 109 Å². The van der Waals surface area contributed by atoms with E-state index in [4.69, 9.17) is 16.2 Å². The van der Waals surface area contributed by atoms with Crippen molar-refractivity contribution in [3.63, 3.8) is 0 Å². The molecule has 0 aliphatic rings. The quantitative estimate of drug-likeness (QED) is 0.462. The normalized spacial score (nSPS) is 16.3. The van der Waals surface area contributed by atoms with E-state index in [0.29, 0.717) is 5.56 Å². The van der Waals surface area contributed by atoms with Gasteiger partial charge in [0.05, 0.1) is 0 Å². The molecular weight excluding hydrogens is 406 g/mol. The monoisotopic (exact) mass is 410 g/mol. The molecule has 0 spiro atoms. The van der Waals surface area contributed by atoms with Crippen molar-refractivity contribution in [2.24, 2.45) is 0 Å². The molecule has 0 aromatic heterocycles. The third-order valence-corrected chi connectivity index (χ3v) is 6.61. The summed E-state index contributed by atoms with van der Waals surface area (Å²) in [7, 11) is -4.26. The third-order valence-electron chi connectivity index (χ3n) is 1.51. The molecule has 0 aliphatic heterocycles. The van der Waals surface area contributed by atoms with Crippen molar-refractivity contribution >= 4 is 60.2 Å². The van der Waals surface area contributed by atoms with E-state index in [-0.39, 0.29) is 5.02 Å². The summed E-state index contributed by atoms with van der Waals surface area (Å²) in [6.07, 6.45) is 0. The number of benzene rings is 1. The summed E-state index contributed by atoms with van der Waals surface area (Å²) in [5.41, 5.74) is 0.296. The fourth-order valence-corrected chi connectivity index (χ4v) is 2.72. The van der Waals surface area contributed by atoms with Crippen LogP contribution < -0.4 is 0 Å². The molecule has 1 N–H and O–H groups in total. The van der Waals surface area contributed by atoms with Gasteiger partial charge in [-0.1, -0.05) is 29.8 Å². The van der Waals surface area contributed by atoms with E-state index in [1.165, 1.54) is 6.07 Å². The number of halogens is 3. The van der Waals surface area contributed by atoms with Crippen molar-refractivity contribution < 1.29 is 13.0 Å². The molecular formula is C7H5BrClIO3S. The van der Waals surface area contributed by atoms with Crippen molar-refractivity contribution in [1.82, 2.24) is 0 Å². The van der Waals surface area contributed by atoms with Gasteiger partial charge in [-0.25, -0.2) is 0 Å². The Morgan fingerprint density at radius 3 is 2.36 bits per heavy atom. The van der Waals surface area contributed by atoms with Crippen LogP contribution in [0, 0.1) is 0 Å². The summed E-state index contributed by atoms with van der Waals surface area (Å²) in [4.78, 5) is 0. The van der Waals surface area contributed by atoms with E-state index in [2.05, 4.69) is 15.9 Å². The van der Waals surface area contributed by atoms with Gasteiger partial charge in [-0.15, -0.1) is 0 Å². The zero-order valence-corrected chi connectivity index (χ0v) is 11.9. The van der Waals surface area contributed by atoms with Crippen LogP contribution in [-0.2, 0) is 11.8 Å². The van der Waals surface area contributed by atoms with E-state index in [1.54, 1.807) is 40.8 Å². The second-order valence-corrected chi connectivity index (χ2v) is 9.99. The lowest BCUT2D eigenvalue weighted by molar-refractivity contribution is 0.480. The Kier molecular flexibility index (Phi) is 3.85. The second-order valence-electron chi connectivity index (χ2n) is 2.47. The Balaban J connectivity index is 3.38. The lowest BCUT2D eigenvalue weighted by atomic mass is 10.2. The van der Waals surface area contributed by atoms with E-state index < -0.39 is 11.8 Å². The molecule has 1 rings (SSSR count). The molecule has 1 aromatic rings. The zero-order valence-electron chi connectivity index (χ0n) is 6.62. The zero-order chi connectivity index (χ0) is 11.0. The Morgan fingerprint density at radius 1 is 1.43 bits per heavy atom. The molecule has 78 valence electrons. The SMILES string of the molecule is O=S(=O)(O)C(Br)(I)c1ccccc1Cl. The van der Waals surface area contributed by atoms with Crippen LogP contribution in [0.1, 0.15) is 5.56 Å². The first-order valence-corrected chi connectivity index (χ1v) is 7.05. The Hall–Kier alpha value is 0.630. The minimum Gasteiger partial charge on any atom is -0.284 e. The lowest BCUT2D eigenvalue weighted by Crippen LogP contribution is -2.21. The number of alkyl halides is 2. The predicted molar refractivity (Wildman–Crippen MR) is 67.6 cm³/mol. The highest BCUT2D eigenvalue weighted by atomic mass is 127. The Bertz CT molecular complexity index is 446. The van der Waals surface area contributed by atoms with Crippen LogP contribution in [0.2, 0.25) is 5.02 Å². The van der Waals surface area contributed by atoms with Crippen LogP contribution >= 0.6 is 50.1 Å². The van der Waals surface area contributed by atoms with E-state index in [0.717, 1.165) is 0 Å². The molecule has 14 heavy (non-hydrogen) atoms. The van der Waals surface area contributed by atoms with Gasteiger partial charge in [-0.05, 0) is 44.6 Å². The second kappa shape index (κ2) is 4.25. The summed E-state index contributed by atoms with van der Waals surface area (Å²) in [5.74, 6) is 0. The number of hydrogen-bond donors (Lipinski definition) is 1. The van der Waals surface area contributed by atoms with E-state index in [9.17, 15) is 8.42 Å². The summed E-state index contributed by atoms with van der Waals surface area (Å²) >= 11 is 10.3. The van der Waals surface area contributed by atoms with Gasteiger partial charge in [0.15, 0.2) is 0 Å². The third kappa shape index (κ3) is 2.41. The first kappa shape index (κ1) is 12.7. The van der Waals surface area contributed by atoms with Gasteiger partial charge in [0.25, 0.3) is 10.1 Å². The van der Waals surface area contributed by atoms with Gasteiger partial charge in [0, 0.05) is 10.6 Å². The van der Waals surface area contributed by atoms with Crippen LogP contribution in [0.4, 0.5) is 0 Å². The summed E-state index contributed by atoms with van der Waals surface area (Å²) < 4.78 is 29.5. The first-order chi connectivity index (χ1) is 6.27. The first-order valence-electron chi connectivity index (χ1n) is 3.36. The van der Waals surface area contributed by atoms with Gasteiger partial charge in [-0.2, -0.15) is 8.42 Å². The van der Waals surface area contributed by atoms with Crippen molar-refractivity contribution in [3.8, 4) is 0 Å². The number of hydrogen-bond acceptors (Lipinski definition) is 2. The largest absolute Gasteiger partial charge is 0.294 e. The molecule has 3 nitrogen and oxygen atoms in total. The molecule has 0 fully saturated rings. The van der Waals surface area contributed by atoms with Crippen molar-refractivity contribution in [2.45, 2.75) is 1.66 Å². The molecule has 0 bridgehead atoms. The standard InChI is InChI=1S/C7H5BrClIO3S/c8-7(10,14(11,12)13)5-3-1-2-4-6(5)9/h1-4H,(H,11,12,13). The summed E-state index contributed by atoms with van der Waals surface area (Å²) in [6.45, 7) is 0. The molecule has 0 saturated carbocycles. The minimum absolute atomic E-state index is 0.274. The lowest BCUT2D eigenvalue weighted by Gasteiger charge is -2.18. The molecule has 1 aromatic carbocycles. The van der Waals surface area contributed by atoms with Gasteiger partial charge >= 0.3 is 0 Å². The molecule has 1 unspecified atom stereocenters. The van der Waals surface area contributed by atoms with Crippen LogP contribution in [0.15, 0.2) is 24.3 Å². The van der Waals surface area contributed by atoms with E-state index >= 15 is 0 Å². The van der Waals surface area contributed by atoms with Crippen LogP contribution in [0.3, 0.4) is 0 Å². The fraction of sp³-hybridized carbons (Fsp3) is 0.143. The molecule has 7 heteroatoms. The summed E-state index contributed by atoms with van der Waals surface area (Å²) in [5, 5.41) is 0.274. The smallest absolute Gasteiger partial charge is 0.284 e. The van der Waals surface area contributed by atoms with Crippen molar-refractivity contribution in [2.75, 3.05) is 0 Å². The van der Waals surface area contributed by atoms with Gasteiger partial charge in [0.1, 0.15) is 0 Å². The van der Waals surface area contributed by atoms with Gasteiger partial charge in [0.2, 0.25) is 1.66 Å². The molecule has 0 heterocycles. The molecule has 0 saturated heterocycles. The maximum Gasteiger partial charge on any atom is 0.294 e. The highest BCUT2D eigenvalue weighted by Crippen LogP contribution is 2.45. The maximum atomic E-state index is 11.0. The average Bonchev–Trinajstić information content (AvgIpc) is 2.02. The fourth-order valence-electron chi connectivity index (χ4n) is 0.836. The Morgan fingerprint density at radius 2 is 1.93 bits per heavy atom. The van der Waals surface area contributed by atoms with Gasteiger partial charge < -0.3 is 0 Å². The van der Waals surface area contributed by atoms with Crippen LogP contribution in [0.25, 0.3) is 0 Å². The van der Waals surface area contributed by atoms with Gasteiger partial charge in [-0.3, -0.25) is 4.55 Å². The highest BCUT2D eigenvalue weighted by Gasteiger charge is 2.40.